The molecule has 5 heteroatoms. The minimum absolute atomic E-state index is 0.688. The van der Waals surface area contributed by atoms with Gasteiger partial charge in [0.05, 0.1) is 14.2 Å². The van der Waals surface area contributed by atoms with E-state index in [-0.39, 0.29) is 0 Å². The van der Waals surface area contributed by atoms with Crippen LogP contribution in [0, 0.1) is 6.92 Å². The number of hydrogen-bond acceptors (Lipinski definition) is 5. The highest BCUT2D eigenvalue weighted by atomic mass is 16.5. The molecule has 1 aromatic carbocycles. The molecule has 5 nitrogen and oxygen atoms in total. The van der Waals surface area contributed by atoms with Gasteiger partial charge in [-0.2, -0.15) is 0 Å². The molecule has 0 atom stereocenters. The van der Waals surface area contributed by atoms with Gasteiger partial charge in [0.15, 0.2) is 17.3 Å². The lowest BCUT2D eigenvalue weighted by atomic mass is 10.2. The van der Waals surface area contributed by atoms with Gasteiger partial charge in [-0.25, -0.2) is 9.97 Å². The quantitative estimate of drug-likeness (QED) is 0.868. The van der Waals surface area contributed by atoms with Crippen molar-refractivity contribution in [2.24, 2.45) is 0 Å². The molecule has 0 amide bonds. The van der Waals surface area contributed by atoms with Crippen molar-refractivity contribution < 1.29 is 9.47 Å². The van der Waals surface area contributed by atoms with Crippen LogP contribution in [0.5, 0.6) is 11.5 Å². The predicted octanol–water partition coefficient (Wildman–Crippen LogP) is 3.07. The minimum Gasteiger partial charge on any atom is -0.493 e. The van der Waals surface area contributed by atoms with Gasteiger partial charge in [-0.05, 0) is 38.0 Å². The highest BCUT2D eigenvalue weighted by molar-refractivity contribution is 5.63. The number of methoxy groups -OCH3 is 2. The van der Waals surface area contributed by atoms with Crippen molar-refractivity contribution in [2.75, 3.05) is 32.2 Å². The Hall–Kier alpha value is -2.30. The van der Waals surface area contributed by atoms with Crippen molar-refractivity contribution in [1.29, 1.82) is 0 Å². The van der Waals surface area contributed by atoms with E-state index in [0.29, 0.717) is 11.5 Å². The molecule has 1 saturated heterocycles. The van der Waals surface area contributed by atoms with Gasteiger partial charge in [0.2, 0.25) is 0 Å². The molecule has 0 bridgehead atoms. The van der Waals surface area contributed by atoms with Gasteiger partial charge >= 0.3 is 0 Å². The summed E-state index contributed by atoms with van der Waals surface area (Å²) in [5.74, 6) is 3.13. The smallest absolute Gasteiger partial charge is 0.161 e. The number of hydrogen-bond donors (Lipinski definition) is 0. The minimum atomic E-state index is 0.688. The number of ether oxygens (including phenoxy) is 2. The summed E-state index contributed by atoms with van der Waals surface area (Å²) in [6, 6.07) is 7.82. The van der Waals surface area contributed by atoms with Crippen molar-refractivity contribution in [3.8, 4) is 22.9 Å². The van der Waals surface area contributed by atoms with Crippen LogP contribution in [-0.4, -0.2) is 37.3 Å². The Morgan fingerprint density at radius 1 is 0.955 bits per heavy atom. The molecule has 0 spiro atoms. The van der Waals surface area contributed by atoms with E-state index < -0.39 is 0 Å². The zero-order chi connectivity index (χ0) is 15.5. The van der Waals surface area contributed by atoms with Crippen molar-refractivity contribution in [2.45, 2.75) is 19.8 Å². The van der Waals surface area contributed by atoms with E-state index in [0.717, 1.165) is 36.0 Å². The average molecular weight is 299 g/mol. The van der Waals surface area contributed by atoms with E-state index in [1.54, 1.807) is 14.2 Å². The number of anilines is 1. The van der Waals surface area contributed by atoms with Gasteiger partial charge in [0.25, 0.3) is 0 Å². The maximum absolute atomic E-state index is 5.37. The van der Waals surface area contributed by atoms with E-state index in [1.165, 1.54) is 12.8 Å². The van der Waals surface area contributed by atoms with Crippen molar-refractivity contribution in [3.63, 3.8) is 0 Å². The molecule has 0 aliphatic carbocycles. The van der Waals surface area contributed by atoms with Crippen LogP contribution in [0.3, 0.4) is 0 Å². The highest BCUT2D eigenvalue weighted by Crippen LogP contribution is 2.32. The van der Waals surface area contributed by atoms with Crippen molar-refractivity contribution in [3.05, 3.63) is 30.0 Å². The summed E-state index contributed by atoms with van der Waals surface area (Å²) in [6.45, 7) is 4.15. The van der Waals surface area contributed by atoms with Crippen LogP contribution < -0.4 is 14.4 Å². The summed E-state index contributed by atoms with van der Waals surface area (Å²) >= 11 is 0. The summed E-state index contributed by atoms with van der Waals surface area (Å²) in [5.41, 5.74) is 1.91. The largest absolute Gasteiger partial charge is 0.493 e. The van der Waals surface area contributed by atoms with Crippen LogP contribution in [0.2, 0.25) is 0 Å². The molecule has 2 aromatic rings. The normalized spacial score (nSPS) is 14.2. The third-order valence-electron chi connectivity index (χ3n) is 3.91. The highest BCUT2D eigenvalue weighted by Gasteiger charge is 2.16. The predicted molar refractivity (Wildman–Crippen MR) is 86.8 cm³/mol. The lowest BCUT2D eigenvalue weighted by Crippen LogP contribution is -2.19. The second kappa shape index (κ2) is 6.22. The zero-order valence-corrected chi connectivity index (χ0v) is 13.3. The average Bonchev–Trinajstić information content (AvgIpc) is 3.08. The fourth-order valence-corrected chi connectivity index (χ4v) is 2.76. The van der Waals surface area contributed by atoms with Gasteiger partial charge in [-0.3, -0.25) is 0 Å². The van der Waals surface area contributed by atoms with Crippen LogP contribution >= 0.6 is 0 Å². The Balaban J connectivity index is 2.00. The van der Waals surface area contributed by atoms with Crippen molar-refractivity contribution in [1.82, 2.24) is 9.97 Å². The third-order valence-corrected chi connectivity index (χ3v) is 3.91. The van der Waals surface area contributed by atoms with E-state index in [1.807, 2.05) is 25.1 Å². The van der Waals surface area contributed by atoms with E-state index >= 15 is 0 Å². The molecular formula is C17H21N3O2. The number of benzene rings is 1. The molecule has 0 radical (unpaired) electrons. The molecule has 22 heavy (non-hydrogen) atoms. The fourth-order valence-electron chi connectivity index (χ4n) is 2.76. The lowest BCUT2D eigenvalue weighted by Gasteiger charge is -2.17. The first-order chi connectivity index (χ1) is 10.7. The Kier molecular flexibility index (Phi) is 4.13. The summed E-state index contributed by atoms with van der Waals surface area (Å²) in [5, 5.41) is 0. The molecule has 0 N–H and O–H groups in total. The second-order valence-corrected chi connectivity index (χ2v) is 5.46. The second-order valence-electron chi connectivity index (χ2n) is 5.46. The first kappa shape index (κ1) is 14.6. The van der Waals surface area contributed by atoms with Gasteiger partial charge < -0.3 is 14.4 Å². The Morgan fingerprint density at radius 2 is 1.68 bits per heavy atom. The molecule has 1 aromatic heterocycles. The number of aryl methyl sites for hydroxylation is 1. The maximum Gasteiger partial charge on any atom is 0.161 e. The number of aromatic nitrogens is 2. The van der Waals surface area contributed by atoms with Crippen molar-refractivity contribution >= 4 is 5.82 Å². The van der Waals surface area contributed by atoms with Gasteiger partial charge in [-0.1, -0.05) is 0 Å². The van der Waals surface area contributed by atoms with Crippen LogP contribution in [0.1, 0.15) is 18.5 Å². The topological polar surface area (TPSA) is 47.5 Å². The molecule has 0 unspecified atom stereocenters. The molecule has 1 aliphatic rings. The first-order valence-electron chi connectivity index (χ1n) is 7.54. The van der Waals surface area contributed by atoms with Crippen LogP contribution in [0.25, 0.3) is 11.4 Å². The summed E-state index contributed by atoms with van der Waals surface area (Å²) in [4.78, 5) is 11.6. The van der Waals surface area contributed by atoms with E-state index in [9.17, 15) is 0 Å². The summed E-state index contributed by atoms with van der Waals surface area (Å²) < 4.78 is 10.6. The van der Waals surface area contributed by atoms with Gasteiger partial charge in [0, 0.05) is 30.4 Å². The van der Waals surface area contributed by atoms with Crippen LogP contribution in [0.15, 0.2) is 24.3 Å². The van der Waals surface area contributed by atoms with Gasteiger partial charge in [0.1, 0.15) is 5.82 Å². The number of rotatable bonds is 4. The molecule has 1 aliphatic heterocycles. The van der Waals surface area contributed by atoms with E-state index in [2.05, 4.69) is 16.0 Å². The van der Waals surface area contributed by atoms with Crippen LogP contribution in [-0.2, 0) is 0 Å². The fraction of sp³-hybridized carbons (Fsp3) is 0.412. The molecule has 1 fully saturated rings. The molecule has 3 rings (SSSR count). The number of nitrogens with zero attached hydrogens (tertiary/aromatic N) is 3. The van der Waals surface area contributed by atoms with Gasteiger partial charge in [-0.15, -0.1) is 0 Å². The molecular weight excluding hydrogens is 278 g/mol. The molecule has 2 heterocycles. The van der Waals surface area contributed by atoms with E-state index in [4.69, 9.17) is 14.5 Å². The molecule has 0 saturated carbocycles. The SMILES string of the molecule is COc1ccc(-c2nc(C)cc(N3CCCC3)n2)cc1OC. The lowest BCUT2D eigenvalue weighted by molar-refractivity contribution is 0.355. The first-order valence-corrected chi connectivity index (χ1v) is 7.54. The Morgan fingerprint density at radius 3 is 2.36 bits per heavy atom. The third kappa shape index (κ3) is 2.84. The zero-order valence-electron chi connectivity index (χ0n) is 13.3. The summed E-state index contributed by atoms with van der Waals surface area (Å²) in [6.07, 6.45) is 2.46. The van der Waals surface area contributed by atoms with Crippen LogP contribution in [0.4, 0.5) is 5.82 Å². The monoisotopic (exact) mass is 299 g/mol. The molecule has 116 valence electrons. The summed E-state index contributed by atoms with van der Waals surface area (Å²) in [7, 11) is 3.26. The standard InChI is InChI=1S/C17H21N3O2/c1-12-10-16(20-8-4-5-9-20)19-17(18-12)13-6-7-14(21-2)15(11-13)22-3/h6-7,10-11H,4-5,8-9H2,1-3H3. The Labute approximate surface area is 130 Å². The maximum atomic E-state index is 5.37. The Bertz CT molecular complexity index is 667.